The van der Waals surface area contributed by atoms with Gasteiger partial charge in [-0.15, -0.1) is 0 Å². The summed E-state index contributed by atoms with van der Waals surface area (Å²) in [5.41, 5.74) is 15.9. The van der Waals surface area contributed by atoms with Gasteiger partial charge in [0.25, 0.3) is 5.91 Å². The van der Waals surface area contributed by atoms with E-state index in [2.05, 4.69) is 12.2 Å². The summed E-state index contributed by atoms with van der Waals surface area (Å²) in [4.78, 5) is 74.8. The molecule has 0 spiro atoms. The Kier molecular flexibility index (Phi) is 18.6. The molecular weight excluding hydrogens is 522 g/mol. The molecule has 40 heavy (non-hydrogen) atoms. The summed E-state index contributed by atoms with van der Waals surface area (Å²) in [6.07, 6.45) is 3.09. The first-order chi connectivity index (χ1) is 18.7. The van der Waals surface area contributed by atoms with E-state index in [1.807, 2.05) is 0 Å². The van der Waals surface area contributed by atoms with Gasteiger partial charge in [0.15, 0.2) is 0 Å². The smallest absolute Gasteiger partial charge is 0.255 e. The molecule has 0 bridgehead atoms. The molecule has 5 amide bonds. The Morgan fingerprint density at radius 2 is 1.43 bits per heavy atom. The van der Waals surface area contributed by atoms with Gasteiger partial charge in [-0.25, -0.2) is 0 Å². The first kappa shape index (κ1) is 37.1. The second-order valence-electron chi connectivity index (χ2n) is 10.7. The van der Waals surface area contributed by atoms with Gasteiger partial charge in [-0.05, 0) is 18.8 Å². The SMILES string of the molecule is CCCCCCCCCC(O)CC(=O)N(C(=O)[C@@H](NC(=O)[C@@H](N)CC(N)=O)C(O)CC(N)=O)[C@H](C=O)CC(C)C. The number of carbonyl (C=O) groups is 6. The molecule has 0 fully saturated rings. The van der Waals surface area contributed by atoms with Crippen LogP contribution in [0.5, 0.6) is 0 Å². The van der Waals surface area contributed by atoms with Gasteiger partial charge in [-0.3, -0.25) is 28.9 Å². The van der Waals surface area contributed by atoms with Crippen LogP contribution in [-0.4, -0.2) is 81.3 Å². The van der Waals surface area contributed by atoms with Gasteiger partial charge in [0.05, 0.1) is 43.6 Å². The predicted molar refractivity (Wildman–Crippen MR) is 148 cm³/mol. The molecule has 0 aromatic carbocycles. The third-order valence-corrected chi connectivity index (χ3v) is 6.38. The first-order valence-electron chi connectivity index (χ1n) is 14.0. The Morgan fingerprint density at radius 3 is 1.93 bits per heavy atom. The van der Waals surface area contributed by atoms with Crippen LogP contribution >= 0.6 is 0 Å². The fraction of sp³-hybridized carbons (Fsp3) is 0.778. The number of imide groups is 1. The lowest BCUT2D eigenvalue weighted by Gasteiger charge is -2.33. The van der Waals surface area contributed by atoms with E-state index < -0.39 is 79.1 Å². The van der Waals surface area contributed by atoms with Crippen LogP contribution in [0.2, 0.25) is 0 Å². The monoisotopic (exact) mass is 571 g/mol. The molecular formula is C27H49N5O8. The molecule has 9 N–H and O–H groups in total. The summed E-state index contributed by atoms with van der Waals surface area (Å²) in [6.45, 7) is 5.66. The lowest BCUT2D eigenvalue weighted by Crippen LogP contribution is -2.61. The van der Waals surface area contributed by atoms with Gasteiger partial charge in [-0.2, -0.15) is 0 Å². The van der Waals surface area contributed by atoms with Crippen molar-refractivity contribution in [2.24, 2.45) is 23.1 Å². The molecule has 0 aromatic rings. The van der Waals surface area contributed by atoms with Crippen molar-refractivity contribution in [1.29, 1.82) is 0 Å². The number of aliphatic hydroxyl groups excluding tert-OH is 2. The molecule has 2 unspecified atom stereocenters. The lowest BCUT2D eigenvalue weighted by atomic mass is 9.98. The van der Waals surface area contributed by atoms with Gasteiger partial charge < -0.3 is 37.5 Å². The standard InChI is InChI=1S/C27H49N5O8/c1-4-5-6-7-8-9-10-11-19(34)13-24(38)32(18(16-33)12-17(2)3)27(40)25(21(35)15-23(30)37)31-26(39)20(28)14-22(29)36/h16-21,25,34-35H,4-15,28H2,1-3H3,(H2,29,36)(H2,30,37)(H,31,39)/t18-,19?,20-,21?,25-/m0/s1. The second kappa shape index (κ2) is 20.0. The Hall–Kier alpha value is -2.90. The molecule has 0 radical (unpaired) electrons. The quantitative estimate of drug-likeness (QED) is 0.0742. The minimum Gasteiger partial charge on any atom is -0.393 e. The average molecular weight is 572 g/mol. The molecule has 13 heteroatoms. The van der Waals surface area contributed by atoms with Crippen molar-refractivity contribution in [2.45, 2.75) is 128 Å². The summed E-state index contributed by atoms with van der Waals surface area (Å²) in [5, 5.41) is 23.3. The van der Waals surface area contributed by atoms with Gasteiger partial charge in [0.2, 0.25) is 23.6 Å². The lowest BCUT2D eigenvalue weighted by molar-refractivity contribution is -0.155. The summed E-state index contributed by atoms with van der Waals surface area (Å²) < 4.78 is 0. The summed E-state index contributed by atoms with van der Waals surface area (Å²) in [7, 11) is 0. The van der Waals surface area contributed by atoms with Gasteiger partial charge >= 0.3 is 0 Å². The van der Waals surface area contributed by atoms with Crippen LogP contribution < -0.4 is 22.5 Å². The fourth-order valence-corrected chi connectivity index (χ4v) is 4.28. The van der Waals surface area contributed by atoms with Crippen molar-refractivity contribution in [3.63, 3.8) is 0 Å². The highest BCUT2D eigenvalue weighted by Crippen LogP contribution is 2.18. The predicted octanol–water partition coefficient (Wildman–Crippen LogP) is -0.229. The van der Waals surface area contributed by atoms with Crippen molar-refractivity contribution in [3.05, 3.63) is 0 Å². The normalized spacial score (nSPS) is 15.0. The van der Waals surface area contributed by atoms with Gasteiger partial charge in [-0.1, -0.05) is 65.7 Å². The number of nitrogens with two attached hydrogens (primary N) is 3. The maximum Gasteiger partial charge on any atom is 0.255 e. The Labute approximate surface area is 236 Å². The summed E-state index contributed by atoms with van der Waals surface area (Å²) in [6, 6.07) is -4.66. The average Bonchev–Trinajstić information content (AvgIpc) is 2.84. The number of unbranched alkanes of at least 4 members (excludes halogenated alkanes) is 6. The summed E-state index contributed by atoms with van der Waals surface area (Å²) >= 11 is 0. The molecule has 0 aliphatic carbocycles. The fourth-order valence-electron chi connectivity index (χ4n) is 4.28. The molecule has 5 atom stereocenters. The first-order valence-corrected chi connectivity index (χ1v) is 14.0. The number of carbonyl (C=O) groups excluding carboxylic acids is 6. The minimum absolute atomic E-state index is 0.0720. The van der Waals surface area contributed by atoms with E-state index in [0.29, 0.717) is 24.0 Å². The number of aldehydes is 1. The molecule has 13 nitrogen and oxygen atoms in total. The topological polar surface area (TPSA) is 236 Å². The van der Waals surface area contributed by atoms with E-state index in [9.17, 15) is 39.0 Å². The van der Waals surface area contributed by atoms with Crippen LogP contribution in [0.25, 0.3) is 0 Å². The number of hydrogen-bond donors (Lipinski definition) is 6. The number of nitrogens with one attached hydrogen (secondary N) is 1. The van der Waals surface area contributed by atoms with E-state index in [1.165, 1.54) is 6.42 Å². The largest absolute Gasteiger partial charge is 0.393 e. The molecule has 0 aliphatic heterocycles. The maximum atomic E-state index is 13.6. The van der Waals surface area contributed by atoms with Crippen LogP contribution in [0, 0.1) is 5.92 Å². The minimum atomic E-state index is -1.90. The molecule has 0 saturated carbocycles. The maximum absolute atomic E-state index is 13.6. The number of primary amides is 2. The molecule has 0 heterocycles. The Balaban J connectivity index is 5.86. The zero-order valence-corrected chi connectivity index (χ0v) is 24.0. The zero-order chi connectivity index (χ0) is 30.8. The van der Waals surface area contributed by atoms with Crippen LogP contribution in [0.15, 0.2) is 0 Å². The number of rotatable bonds is 22. The Bertz CT molecular complexity index is 838. The number of nitrogens with zero attached hydrogens (tertiary/aromatic N) is 1. The highest BCUT2D eigenvalue weighted by molar-refractivity contribution is 6.02. The van der Waals surface area contributed by atoms with Crippen molar-refractivity contribution < 1.29 is 39.0 Å². The number of amides is 5. The van der Waals surface area contributed by atoms with E-state index in [1.54, 1.807) is 13.8 Å². The van der Waals surface area contributed by atoms with Crippen LogP contribution in [0.3, 0.4) is 0 Å². The highest BCUT2D eigenvalue weighted by atomic mass is 16.3. The van der Waals surface area contributed by atoms with Crippen LogP contribution in [0.1, 0.15) is 97.8 Å². The Morgan fingerprint density at radius 1 is 0.875 bits per heavy atom. The van der Waals surface area contributed by atoms with Crippen molar-refractivity contribution in [2.75, 3.05) is 0 Å². The third-order valence-electron chi connectivity index (χ3n) is 6.38. The third kappa shape index (κ3) is 15.0. The van der Waals surface area contributed by atoms with Crippen LogP contribution in [-0.2, 0) is 28.8 Å². The van der Waals surface area contributed by atoms with Crippen molar-refractivity contribution >= 4 is 35.8 Å². The molecule has 0 rings (SSSR count). The van der Waals surface area contributed by atoms with E-state index in [0.717, 1.165) is 32.1 Å². The van der Waals surface area contributed by atoms with Crippen molar-refractivity contribution in [1.82, 2.24) is 10.2 Å². The molecule has 230 valence electrons. The highest BCUT2D eigenvalue weighted by Gasteiger charge is 2.40. The van der Waals surface area contributed by atoms with Crippen LogP contribution in [0.4, 0.5) is 0 Å². The molecule has 0 saturated heterocycles. The van der Waals surface area contributed by atoms with E-state index in [-0.39, 0.29) is 12.3 Å². The molecule has 0 aromatic heterocycles. The zero-order valence-electron chi connectivity index (χ0n) is 24.0. The van der Waals surface area contributed by atoms with Crippen molar-refractivity contribution in [3.8, 4) is 0 Å². The van der Waals surface area contributed by atoms with Gasteiger partial charge in [0, 0.05) is 0 Å². The summed E-state index contributed by atoms with van der Waals surface area (Å²) in [5.74, 6) is -5.16. The van der Waals surface area contributed by atoms with E-state index >= 15 is 0 Å². The van der Waals surface area contributed by atoms with E-state index in [4.69, 9.17) is 17.2 Å². The number of hydrogen-bond acceptors (Lipinski definition) is 9. The second-order valence-corrected chi connectivity index (χ2v) is 10.7. The molecule has 0 aliphatic rings. The van der Waals surface area contributed by atoms with Gasteiger partial charge in [0.1, 0.15) is 12.3 Å². The number of aliphatic hydroxyl groups is 2.